The molecule has 0 fully saturated rings. The lowest BCUT2D eigenvalue weighted by Crippen LogP contribution is -2.36. The highest BCUT2D eigenvalue weighted by molar-refractivity contribution is 7.89. The Labute approximate surface area is 120 Å². The van der Waals surface area contributed by atoms with E-state index < -0.39 is 32.8 Å². The molecule has 0 aromatic heterocycles. The minimum Gasteiger partial charge on any atom is -0.478 e. The topological polar surface area (TPSA) is 101 Å². The smallest absolute Gasteiger partial charge is 0.335 e. The zero-order valence-corrected chi connectivity index (χ0v) is 13.0. The molecule has 0 aliphatic carbocycles. The summed E-state index contributed by atoms with van der Waals surface area (Å²) in [5, 5.41) is 8.91. The van der Waals surface area contributed by atoms with Crippen molar-refractivity contribution >= 4 is 26.8 Å². The molecule has 1 rings (SSSR count). The van der Waals surface area contributed by atoms with Gasteiger partial charge in [-0.2, -0.15) is 0 Å². The van der Waals surface area contributed by atoms with Gasteiger partial charge >= 0.3 is 5.97 Å². The van der Waals surface area contributed by atoms with Crippen LogP contribution in [0.1, 0.15) is 22.8 Å². The maximum Gasteiger partial charge on any atom is 0.335 e. The minimum absolute atomic E-state index is 0.0777. The highest BCUT2D eigenvalue weighted by Crippen LogP contribution is 2.17. The van der Waals surface area contributed by atoms with Gasteiger partial charge in [-0.25, -0.2) is 17.9 Å². The van der Waals surface area contributed by atoms with E-state index in [0.717, 1.165) is 6.07 Å². The number of benzene rings is 1. The Morgan fingerprint density at radius 1 is 1.45 bits per heavy atom. The molecule has 0 saturated carbocycles. The van der Waals surface area contributed by atoms with Crippen molar-refractivity contribution in [2.45, 2.75) is 24.8 Å². The highest BCUT2D eigenvalue weighted by atomic mass is 32.2. The average molecular weight is 319 g/mol. The van der Waals surface area contributed by atoms with Gasteiger partial charge in [-0.3, -0.25) is 4.21 Å². The molecule has 0 heterocycles. The van der Waals surface area contributed by atoms with E-state index in [1.165, 1.54) is 18.4 Å². The molecule has 0 aliphatic heterocycles. The predicted octanol–water partition coefficient (Wildman–Crippen LogP) is 0.739. The van der Waals surface area contributed by atoms with Crippen molar-refractivity contribution in [3.05, 3.63) is 29.3 Å². The number of sulfonamides is 1. The third kappa shape index (κ3) is 4.39. The van der Waals surface area contributed by atoms with Crippen molar-refractivity contribution in [3.63, 3.8) is 0 Å². The first kappa shape index (κ1) is 16.8. The van der Waals surface area contributed by atoms with E-state index in [0.29, 0.717) is 5.56 Å². The molecule has 0 radical (unpaired) electrons. The molecule has 0 spiro atoms. The summed E-state index contributed by atoms with van der Waals surface area (Å²) >= 11 is 0. The van der Waals surface area contributed by atoms with Crippen LogP contribution in [0.3, 0.4) is 0 Å². The maximum atomic E-state index is 12.2. The fourth-order valence-corrected chi connectivity index (χ4v) is 4.14. The lowest BCUT2D eigenvalue weighted by atomic mass is 10.1. The monoisotopic (exact) mass is 319 g/mol. The van der Waals surface area contributed by atoms with E-state index in [-0.39, 0.29) is 16.2 Å². The van der Waals surface area contributed by atoms with Gasteiger partial charge in [0.25, 0.3) is 0 Å². The first-order chi connectivity index (χ1) is 9.13. The number of hydrogen-bond donors (Lipinski definition) is 2. The number of nitrogens with one attached hydrogen (secondary N) is 1. The Hall–Kier alpha value is -1.25. The normalized spacial score (nSPS) is 14.8. The second-order valence-electron chi connectivity index (χ2n) is 4.55. The van der Waals surface area contributed by atoms with Gasteiger partial charge in [-0.05, 0) is 31.5 Å². The second-order valence-corrected chi connectivity index (χ2v) is 7.71. The number of carbonyl (C=O) groups is 1. The molecule has 2 unspecified atom stereocenters. The predicted molar refractivity (Wildman–Crippen MR) is 76.9 cm³/mol. The number of carboxylic acid groups (broad SMARTS) is 1. The van der Waals surface area contributed by atoms with Gasteiger partial charge in [0.15, 0.2) is 0 Å². The molecule has 0 amide bonds. The van der Waals surface area contributed by atoms with Gasteiger partial charge in [-0.15, -0.1) is 0 Å². The van der Waals surface area contributed by atoms with Crippen LogP contribution in [0, 0.1) is 6.92 Å². The van der Waals surface area contributed by atoms with Gasteiger partial charge in [0, 0.05) is 28.9 Å². The second kappa shape index (κ2) is 6.47. The van der Waals surface area contributed by atoms with Crippen LogP contribution in [0.4, 0.5) is 0 Å². The Bertz CT molecular complexity index is 639. The van der Waals surface area contributed by atoms with E-state index in [9.17, 15) is 17.4 Å². The maximum absolute atomic E-state index is 12.2. The zero-order chi connectivity index (χ0) is 15.5. The van der Waals surface area contributed by atoms with Crippen molar-refractivity contribution in [1.29, 1.82) is 0 Å². The fourth-order valence-electron chi connectivity index (χ4n) is 1.74. The van der Waals surface area contributed by atoms with Crippen molar-refractivity contribution in [2.75, 3.05) is 12.0 Å². The summed E-state index contributed by atoms with van der Waals surface area (Å²) in [6, 6.07) is 3.41. The minimum atomic E-state index is -3.84. The largest absolute Gasteiger partial charge is 0.478 e. The summed E-state index contributed by atoms with van der Waals surface area (Å²) in [6.45, 7) is 3.19. The Kier molecular flexibility index (Phi) is 5.43. The van der Waals surface area contributed by atoms with Gasteiger partial charge in [0.05, 0.1) is 10.5 Å². The molecule has 0 saturated heterocycles. The molecular weight excluding hydrogens is 302 g/mol. The van der Waals surface area contributed by atoms with Gasteiger partial charge < -0.3 is 5.11 Å². The summed E-state index contributed by atoms with van der Waals surface area (Å²) in [7, 11) is -4.96. The van der Waals surface area contributed by atoms with Crippen LogP contribution in [0.5, 0.6) is 0 Å². The average Bonchev–Trinajstić information content (AvgIpc) is 2.26. The first-order valence-corrected chi connectivity index (χ1v) is 9.01. The lowest BCUT2D eigenvalue weighted by Gasteiger charge is -2.14. The Morgan fingerprint density at radius 3 is 2.55 bits per heavy atom. The van der Waals surface area contributed by atoms with Crippen LogP contribution in [0.15, 0.2) is 23.1 Å². The standard InChI is InChI=1S/C12H17NO5S2/c1-8-4-5-10(12(14)15)6-11(8)20(17,18)13-9(2)7-19(3)16/h4-6,9,13H,7H2,1-3H3,(H,14,15). The Balaban J connectivity index is 3.12. The van der Waals surface area contributed by atoms with Crippen LogP contribution in [-0.4, -0.2) is 41.8 Å². The van der Waals surface area contributed by atoms with E-state index >= 15 is 0 Å². The van der Waals surface area contributed by atoms with E-state index in [2.05, 4.69) is 4.72 Å². The number of rotatable bonds is 6. The number of hydrogen-bond acceptors (Lipinski definition) is 4. The zero-order valence-electron chi connectivity index (χ0n) is 11.4. The SMILES string of the molecule is Cc1ccc(C(=O)O)cc1S(=O)(=O)NC(C)CS(C)=O. The molecule has 0 aliphatic rings. The fraction of sp³-hybridized carbons (Fsp3) is 0.417. The third-order valence-electron chi connectivity index (χ3n) is 2.57. The van der Waals surface area contributed by atoms with Gasteiger partial charge in [0.2, 0.25) is 10.0 Å². The summed E-state index contributed by atoms with van der Waals surface area (Å²) in [4.78, 5) is 10.8. The van der Waals surface area contributed by atoms with Gasteiger partial charge in [0.1, 0.15) is 0 Å². The van der Waals surface area contributed by atoms with Crippen molar-refractivity contribution in [3.8, 4) is 0 Å². The van der Waals surface area contributed by atoms with Crippen molar-refractivity contribution in [2.24, 2.45) is 0 Å². The molecule has 0 bridgehead atoms. The van der Waals surface area contributed by atoms with Crippen LogP contribution in [0.25, 0.3) is 0 Å². The van der Waals surface area contributed by atoms with Crippen LogP contribution < -0.4 is 4.72 Å². The number of aryl methyl sites for hydroxylation is 1. The molecule has 6 nitrogen and oxygen atoms in total. The molecule has 2 atom stereocenters. The quantitative estimate of drug-likeness (QED) is 0.805. The molecule has 2 N–H and O–H groups in total. The lowest BCUT2D eigenvalue weighted by molar-refractivity contribution is 0.0696. The molecule has 20 heavy (non-hydrogen) atoms. The van der Waals surface area contributed by atoms with Crippen LogP contribution in [0.2, 0.25) is 0 Å². The number of carboxylic acids is 1. The summed E-state index contributed by atoms with van der Waals surface area (Å²) in [6.07, 6.45) is 1.49. The summed E-state index contributed by atoms with van der Waals surface area (Å²) < 4.78 is 37.9. The highest BCUT2D eigenvalue weighted by Gasteiger charge is 2.21. The van der Waals surface area contributed by atoms with E-state index in [1.807, 2.05) is 0 Å². The van der Waals surface area contributed by atoms with Crippen molar-refractivity contribution < 1.29 is 22.5 Å². The first-order valence-electron chi connectivity index (χ1n) is 5.80. The van der Waals surface area contributed by atoms with Crippen LogP contribution >= 0.6 is 0 Å². The van der Waals surface area contributed by atoms with Gasteiger partial charge in [-0.1, -0.05) is 6.07 Å². The molecule has 112 valence electrons. The summed E-state index contributed by atoms with van der Waals surface area (Å²) in [5.41, 5.74) is 0.356. The molecule has 1 aromatic rings. The van der Waals surface area contributed by atoms with Crippen LogP contribution in [-0.2, 0) is 20.8 Å². The molecular formula is C12H17NO5S2. The molecule has 8 heteroatoms. The third-order valence-corrected chi connectivity index (χ3v) is 5.27. The van der Waals surface area contributed by atoms with E-state index in [4.69, 9.17) is 5.11 Å². The van der Waals surface area contributed by atoms with Crippen molar-refractivity contribution in [1.82, 2.24) is 4.72 Å². The summed E-state index contributed by atoms with van der Waals surface area (Å²) in [5.74, 6) is -0.999. The Morgan fingerprint density at radius 2 is 2.05 bits per heavy atom. The number of aromatic carboxylic acids is 1. The van der Waals surface area contributed by atoms with E-state index in [1.54, 1.807) is 13.8 Å². The molecule has 1 aromatic carbocycles.